The van der Waals surface area contributed by atoms with Crippen LogP contribution in [0.25, 0.3) is 16.0 Å². The van der Waals surface area contributed by atoms with Crippen molar-refractivity contribution >= 4 is 11.7 Å². The molecular weight excluding hydrogens is 315 g/mol. The van der Waals surface area contributed by atoms with Gasteiger partial charge < -0.3 is 9.47 Å². The molecule has 8 heteroatoms. The Hall–Kier alpha value is -2.57. The summed E-state index contributed by atoms with van der Waals surface area (Å²) in [5.41, 5.74) is 11.3. The molecule has 7 nitrogen and oxygen atoms in total. The van der Waals surface area contributed by atoms with Gasteiger partial charge in [-0.1, -0.05) is 35.5 Å². The number of carbonyl (C=O) groups excluding carboxylic acids is 1. The van der Waals surface area contributed by atoms with Gasteiger partial charge in [0.2, 0.25) is 0 Å². The number of ether oxygens (including phenoxy) is 2. The molecule has 1 aromatic carbocycles. The number of carbonyl (C=O) groups is 1. The van der Waals surface area contributed by atoms with Crippen LogP contribution < -0.4 is 0 Å². The van der Waals surface area contributed by atoms with Gasteiger partial charge in [0, 0.05) is 12.0 Å². The molecule has 1 fully saturated rings. The summed E-state index contributed by atoms with van der Waals surface area (Å²) in [6, 6.07) is 6.53. The number of amides is 1. The number of hydrogen-bond donors (Lipinski definition) is 0. The minimum atomic E-state index is -0.906. The molecular formula is C16H17FN4O3. The average Bonchev–Trinajstić information content (AvgIpc) is 3.18. The van der Waals surface area contributed by atoms with Gasteiger partial charge in [-0.3, -0.25) is 9.29 Å². The molecule has 0 aliphatic carbocycles. The van der Waals surface area contributed by atoms with Crippen LogP contribution in [0.5, 0.6) is 0 Å². The van der Waals surface area contributed by atoms with Crippen LogP contribution in [0.4, 0.5) is 9.18 Å². The van der Waals surface area contributed by atoms with Gasteiger partial charge in [0.25, 0.3) is 0 Å². The van der Waals surface area contributed by atoms with Crippen molar-refractivity contribution in [3.05, 3.63) is 51.9 Å². The number of azide groups is 1. The highest BCUT2D eigenvalue weighted by Gasteiger charge is 2.36. The highest BCUT2D eigenvalue weighted by Crippen LogP contribution is 2.31. The fourth-order valence-corrected chi connectivity index (χ4v) is 3.08. The van der Waals surface area contributed by atoms with E-state index in [0.717, 1.165) is 16.7 Å². The number of benzene rings is 1. The number of rotatable bonds is 6. The number of cyclic esters (lactones) is 1. The zero-order chi connectivity index (χ0) is 17.1. The molecule has 0 saturated carbocycles. The fraction of sp³-hybridized carbons (Fsp3) is 0.438. The molecule has 3 rings (SSSR count). The van der Waals surface area contributed by atoms with Crippen LogP contribution >= 0.6 is 0 Å². The number of nitrogens with zero attached hydrogens (tertiary/aromatic N) is 4. The van der Waals surface area contributed by atoms with Crippen molar-refractivity contribution in [2.45, 2.75) is 18.2 Å². The molecule has 0 unspecified atom stereocenters. The van der Waals surface area contributed by atoms with Crippen LogP contribution in [0, 0.1) is 0 Å². The third-order valence-electron chi connectivity index (χ3n) is 4.32. The molecule has 1 aromatic rings. The second-order valence-corrected chi connectivity index (χ2v) is 5.67. The van der Waals surface area contributed by atoms with E-state index in [1.165, 1.54) is 7.11 Å². The third kappa shape index (κ3) is 2.93. The second-order valence-electron chi connectivity index (χ2n) is 5.67. The summed E-state index contributed by atoms with van der Waals surface area (Å²) in [6.07, 6.45) is 1.09. The van der Waals surface area contributed by atoms with Gasteiger partial charge in [-0.15, -0.1) is 0 Å². The Kier molecular flexibility index (Phi) is 4.69. The first-order valence-electron chi connectivity index (χ1n) is 7.55. The Labute approximate surface area is 138 Å². The molecule has 0 aromatic heterocycles. The van der Waals surface area contributed by atoms with Gasteiger partial charge in [-0.2, -0.15) is 0 Å². The lowest BCUT2D eigenvalue weighted by Crippen LogP contribution is -2.27. The number of halogens is 1. The second kappa shape index (κ2) is 6.90. The highest BCUT2D eigenvalue weighted by atomic mass is 19.1. The quantitative estimate of drug-likeness (QED) is 0.455. The molecule has 0 radical (unpaired) electrons. The van der Waals surface area contributed by atoms with Crippen molar-refractivity contribution in [3.8, 4) is 0 Å². The van der Waals surface area contributed by atoms with Gasteiger partial charge in [-0.05, 0) is 22.2 Å². The zero-order valence-electron chi connectivity index (χ0n) is 13.1. The molecule has 0 spiro atoms. The Morgan fingerprint density at radius 1 is 1.50 bits per heavy atom. The van der Waals surface area contributed by atoms with E-state index >= 15 is 0 Å². The molecule has 2 aliphatic rings. The van der Waals surface area contributed by atoms with E-state index < -0.39 is 18.8 Å². The highest BCUT2D eigenvalue weighted by molar-refractivity contribution is 5.80. The summed E-state index contributed by atoms with van der Waals surface area (Å²) in [5, 5.41) is 3.45. The van der Waals surface area contributed by atoms with Crippen LogP contribution in [0.3, 0.4) is 0 Å². The number of fused-ring (bicyclic) bond motifs is 1. The minimum absolute atomic E-state index is 0.000200. The molecule has 1 saturated heterocycles. The minimum Gasteiger partial charge on any atom is -0.447 e. The molecule has 1 amide bonds. The maximum absolute atomic E-state index is 13.1. The van der Waals surface area contributed by atoms with Crippen LogP contribution in [0.1, 0.15) is 17.2 Å². The lowest BCUT2D eigenvalue weighted by atomic mass is 9.99. The van der Waals surface area contributed by atoms with Gasteiger partial charge in [-0.25, -0.2) is 4.79 Å². The summed E-state index contributed by atoms with van der Waals surface area (Å²) in [7, 11) is 1.45. The fourth-order valence-electron chi connectivity index (χ4n) is 3.08. The summed E-state index contributed by atoms with van der Waals surface area (Å²) in [5.74, 6) is 0. The van der Waals surface area contributed by atoms with Crippen molar-refractivity contribution < 1.29 is 18.7 Å². The topological polar surface area (TPSA) is 87.5 Å². The van der Waals surface area contributed by atoms with E-state index in [4.69, 9.17) is 15.0 Å². The maximum Gasteiger partial charge on any atom is 0.410 e. The summed E-state index contributed by atoms with van der Waals surface area (Å²) in [6.45, 7) is 0.104. The maximum atomic E-state index is 13.1. The van der Waals surface area contributed by atoms with Gasteiger partial charge in [0.05, 0.1) is 24.7 Å². The number of methoxy groups -OCH3 is 1. The lowest BCUT2D eigenvalue weighted by Gasteiger charge is -2.20. The molecule has 3 atom stereocenters. The smallest absolute Gasteiger partial charge is 0.410 e. The van der Waals surface area contributed by atoms with E-state index in [1.54, 1.807) is 4.90 Å². The zero-order valence-corrected chi connectivity index (χ0v) is 13.1. The van der Waals surface area contributed by atoms with E-state index in [-0.39, 0.29) is 12.1 Å². The predicted molar refractivity (Wildman–Crippen MR) is 84.9 cm³/mol. The van der Waals surface area contributed by atoms with Crippen LogP contribution in [-0.4, -0.2) is 50.0 Å². The Morgan fingerprint density at radius 2 is 2.25 bits per heavy atom. The van der Waals surface area contributed by atoms with Crippen molar-refractivity contribution in [3.63, 3.8) is 0 Å². The standard InChI is InChI=1S/C16H17FN4O3/c1-23-15(14(7-17)19-20-18)11-4-2-10(3-5-11)12-6-13-9-24-16(22)21(13)8-12/h2-6,13-15H,7-9H2,1H3/t13-,14-,15-/m1/s1. The summed E-state index contributed by atoms with van der Waals surface area (Å²) in [4.78, 5) is 15.9. The molecule has 126 valence electrons. The molecule has 2 heterocycles. The Morgan fingerprint density at radius 3 is 2.83 bits per heavy atom. The molecule has 0 N–H and O–H groups in total. The van der Waals surface area contributed by atoms with Crippen molar-refractivity contribution in [2.24, 2.45) is 5.11 Å². The Bertz CT molecular complexity index is 700. The first-order valence-corrected chi connectivity index (χ1v) is 7.55. The van der Waals surface area contributed by atoms with Crippen LogP contribution in [-0.2, 0) is 9.47 Å². The number of alkyl halides is 1. The first kappa shape index (κ1) is 16.3. The van der Waals surface area contributed by atoms with Gasteiger partial charge >= 0.3 is 6.09 Å². The predicted octanol–water partition coefficient (Wildman–Crippen LogP) is 3.24. The first-order chi connectivity index (χ1) is 11.7. The lowest BCUT2D eigenvalue weighted by molar-refractivity contribution is 0.0722. The third-order valence-corrected chi connectivity index (χ3v) is 4.32. The SMILES string of the molecule is CO[C@H](c1ccc(C2=C[C@@H]3COC(=O)N3C2)cc1)[C@@H](CF)N=[N+]=[N-]. The van der Waals surface area contributed by atoms with E-state index in [2.05, 4.69) is 10.0 Å². The molecule has 2 aliphatic heterocycles. The number of hydrogen-bond acceptors (Lipinski definition) is 4. The van der Waals surface area contributed by atoms with Crippen molar-refractivity contribution in [1.29, 1.82) is 0 Å². The van der Waals surface area contributed by atoms with Crippen LogP contribution in [0.15, 0.2) is 35.5 Å². The molecule has 24 heavy (non-hydrogen) atoms. The van der Waals surface area contributed by atoms with E-state index in [9.17, 15) is 9.18 Å². The van der Waals surface area contributed by atoms with Gasteiger partial charge in [0.15, 0.2) is 0 Å². The van der Waals surface area contributed by atoms with E-state index in [0.29, 0.717) is 13.2 Å². The van der Waals surface area contributed by atoms with Crippen molar-refractivity contribution in [1.82, 2.24) is 4.90 Å². The summed E-state index contributed by atoms with van der Waals surface area (Å²) < 4.78 is 23.3. The van der Waals surface area contributed by atoms with Gasteiger partial charge in [0.1, 0.15) is 13.3 Å². The Balaban J connectivity index is 1.78. The van der Waals surface area contributed by atoms with E-state index in [1.807, 2.05) is 30.3 Å². The van der Waals surface area contributed by atoms with Crippen LogP contribution in [0.2, 0.25) is 0 Å². The normalized spacial score (nSPS) is 21.6. The summed E-state index contributed by atoms with van der Waals surface area (Å²) >= 11 is 0. The van der Waals surface area contributed by atoms with Crippen molar-refractivity contribution in [2.75, 3.05) is 26.9 Å². The molecule has 0 bridgehead atoms. The largest absolute Gasteiger partial charge is 0.447 e. The monoisotopic (exact) mass is 332 g/mol. The average molecular weight is 332 g/mol.